The van der Waals surface area contributed by atoms with Gasteiger partial charge < -0.3 is 0 Å². The molecule has 0 aliphatic rings. The van der Waals surface area contributed by atoms with Gasteiger partial charge in [-0.1, -0.05) is 30.3 Å². The zero-order valence-electron chi connectivity index (χ0n) is 11.1. The third-order valence-electron chi connectivity index (χ3n) is 2.93. The number of hydrogen-bond donors (Lipinski definition) is 0. The Labute approximate surface area is 130 Å². The fourth-order valence-electron chi connectivity index (χ4n) is 1.95. The molecule has 0 spiro atoms. The average molecular weight is 338 g/mol. The Hall–Kier alpha value is -2.33. The zero-order chi connectivity index (χ0) is 14.5. The summed E-state index contributed by atoms with van der Waals surface area (Å²) in [5, 5.41) is 1.17. The van der Waals surface area contributed by atoms with Crippen LogP contribution < -0.4 is 0 Å². The van der Waals surface area contributed by atoms with E-state index in [1.807, 2.05) is 54.7 Å². The van der Waals surface area contributed by atoms with Crippen LogP contribution in [0.4, 0.5) is 0 Å². The molecule has 2 aromatic heterocycles. The summed E-state index contributed by atoms with van der Waals surface area (Å²) in [7, 11) is 0. The molecule has 0 saturated heterocycles. The Morgan fingerprint density at radius 3 is 1.90 bits per heavy atom. The monoisotopic (exact) mass is 337 g/mol. The normalized spacial score (nSPS) is 10.1. The van der Waals surface area contributed by atoms with Gasteiger partial charge in [0.1, 0.15) is 0 Å². The summed E-state index contributed by atoms with van der Waals surface area (Å²) in [6.07, 6.45) is 5.20. The second-order valence-electron chi connectivity index (χ2n) is 4.39. The van der Waals surface area contributed by atoms with E-state index in [4.69, 9.17) is 0 Å². The van der Waals surface area contributed by atoms with Crippen molar-refractivity contribution in [3.63, 3.8) is 0 Å². The van der Waals surface area contributed by atoms with Crippen molar-refractivity contribution >= 4 is 37.9 Å². The molecule has 2 aromatic carbocycles. The quantitative estimate of drug-likeness (QED) is 0.469. The van der Waals surface area contributed by atoms with Gasteiger partial charge in [-0.2, -0.15) is 0 Å². The Bertz CT molecular complexity index is 812. The van der Waals surface area contributed by atoms with E-state index in [2.05, 4.69) is 36.9 Å². The maximum Gasteiger partial charge on any atom is 0.0886 e. The standard InChI is InChI=1S/C9H6BrN.C8H6N2/c10-8-5-7-3-1-2-4-9(7)11-6-8;1-2-4-8-7(3-1)9-5-6-10-8/h1-6H;1-6H. The molecule has 0 saturated carbocycles. The Kier molecular flexibility index (Phi) is 4.17. The van der Waals surface area contributed by atoms with Crippen molar-refractivity contribution in [3.8, 4) is 0 Å². The third-order valence-corrected chi connectivity index (χ3v) is 3.37. The van der Waals surface area contributed by atoms with E-state index in [0.29, 0.717) is 0 Å². The highest BCUT2D eigenvalue weighted by Gasteiger charge is 1.92. The lowest BCUT2D eigenvalue weighted by Gasteiger charge is -1.94. The molecule has 0 unspecified atom stereocenters. The third kappa shape index (κ3) is 3.41. The van der Waals surface area contributed by atoms with E-state index in [1.165, 1.54) is 5.39 Å². The van der Waals surface area contributed by atoms with Crippen molar-refractivity contribution in [3.05, 3.63) is 77.7 Å². The molecule has 21 heavy (non-hydrogen) atoms. The molecule has 0 N–H and O–H groups in total. The van der Waals surface area contributed by atoms with Gasteiger partial charge in [0.25, 0.3) is 0 Å². The first-order valence-electron chi connectivity index (χ1n) is 6.49. The fourth-order valence-corrected chi connectivity index (χ4v) is 2.30. The number of pyridine rings is 1. The van der Waals surface area contributed by atoms with Crippen LogP contribution in [0.5, 0.6) is 0 Å². The van der Waals surface area contributed by atoms with Crippen LogP contribution in [0.2, 0.25) is 0 Å². The van der Waals surface area contributed by atoms with Crippen LogP contribution in [0.15, 0.2) is 77.7 Å². The van der Waals surface area contributed by atoms with Crippen LogP contribution in [0.25, 0.3) is 21.9 Å². The van der Waals surface area contributed by atoms with Gasteiger partial charge in [-0.3, -0.25) is 15.0 Å². The number of benzene rings is 2. The van der Waals surface area contributed by atoms with E-state index in [-0.39, 0.29) is 0 Å². The Balaban J connectivity index is 0.000000126. The Morgan fingerprint density at radius 1 is 0.667 bits per heavy atom. The van der Waals surface area contributed by atoms with Gasteiger partial charge in [0.2, 0.25) is 0 Å². The van der Waals surface area contributed by atoms with Gasteiger partial charge in [0.15, 0.2) is 0 Å². The van der Waals surface area contributed by atoms with Gasteiger partial charge in [-0.05, 0) is 40.2 Å². The van der Waals surface area contributed by atoms with Gasteiger partial charge in [-0.25, -0.2) is 0 Å². The SMILES string of the molecule is Brc1cnc2ccccc2c1.c1ccc2nccnc2c1. The van der Waals surface area contributed by atoms with Crippen LogP contribution >= 0.6 is 15.9 Å². The van der Waals surface area contributed by atoms with E-state index in [0.717, 1.165) is 21.0 Å². The van der Waals surface area contributed by atoms with Crippen molar-refractivity contribution in [1.82, 2.24) is 15.0 Å². The lowest BCUT2D eigenvalue weighted by atomic mass is 10.2. The van der Waals surface area contributed by atoms with Crippen molar-refractivity contribution < 1.29 is 0 Å². The zero-order valence-corrected chi connectivity index (χ0v) is 12.7. The smallest absolute Gasteiger partial charge is 0.0886 e. The number of rotatable bonds is 0. The molecule has 102 valence electrons. The molecule has 0 fully saturated rings. The molecule has 2 heterocycles. The summed E-state index contributed by atoms with van der Waals surface area (Å²) >= 11 is 3.37. The molecule has 0 radical (unpaired) electrons. The minimum absolute atomic E-state index is 0.949. The number of fused-ring (bicyclic) bond motifs is 2. The molecule has 0 bridgehead atoms. The maximum atomic E-state index is 4.23. The van der Waals surface area contributed by atoms with Gasteiger partial charge in [0.05, 0.1) is 16.6 Å². The predicted octanol–water partition coefficient (Wildman–Crippen LogP) is 4.63. The highest BCUT2D eigenvalue weighted by molar-refractivity contribution is 9.10. The molecule has 4 rings (SSSR count). The molecular formula is C17H12BrN3. The van der Waals surface area contributed by atoms with Crippen LogP contribution in [0.1, 0.15) is 0 Å². The predicted molar refractivity (Wildman–Crippen MR) is 89.0 cm³/mol. The number of para-hydroxylation sites is 3. The van der Waals surface area contributed by atoms with Gasteiger partial charge in [-0.15, -0.1) is 0 Å². The molecule has 0 aliphatic carbocycles. The Morgan fingerprint density at radius 2 is 1.24 bits per heavy atom. The molecular weight excluding hydrogens is 326 g/mol. The summed E-state index contributed by atoms with van der Waals surface area (Å²) in [6, 6.07) is 17.9. The fraction of sp³-hybridized carbons (Fsp3) is 0. The lowest BCUT2D eigenvalue weighted by molar-refractivity contribution is 1.29. The van der Waals surface area contributed by atoms with Crippen molar-refractivity contribution in [2.45, 2.75) is 0 Å². The highest BCUT2D eigenvalue weighted by Crippen LogP contribution is 2.15. The number of nitrogens with zero attached hydrogens (tertiary/aromatic N) is 3. The molecule has 0 amide bonds. The number of hydrogen-bond acceptors (Lipinski definition) is 3. The van der Waals surface area contributed by atoms with Crippen LogP contribution in [0.3, 0.4) is 0 Å². The van der Waals surface area contributed by atoms with Crippen LogP contribution in [-0.4, -0.2) is 15.0 Å². The van der Waals surface area contributed by atoms with Crippen molar-refractivity contribution in [2.24, 2.45) is 0 Å². The number of halogens is 1. The highest BCUT2D eigenvalue weighted by atomic mass is 79.9. The summed E-state index contributed by atoms with van der Waals surface area (Å²) in [6.45, 7) is 0. The summed E-state index contributed by atoms with van der Waals surface area (Å²) < 4.78 is 1.02. The minimum atomic E-state index is 0.949. The molecule has 0 aliphatic heterocycles. The molecule has 4 heteroatoms. The maximum absolute atomic E-state index is 4.23. The molecule has 4 aromatic rings. The summed E-state index contributed by atoms with van der Waals surface area (Å²) in [4.78, 5) is 12.5. The second kappa shape index (κ2) is 6.41. The van der Waals surface area contributed by atoms with E-state index in [9.17, 15) is 0 Å². The van der Waals surface area contributed by atoms with Gasteiger partial charge in [0, 0.05) is 28.4 Å². The van der Waals surface area contributed by atoms with E-state index < -0.39 is 0 Å². The lowest BCUT2D eigenvalue weighted by Crippen LogP contribution is -1.78. The molecule has 3 nitrogen and oxygen atoms in total. The minimum Gasteiger partial charge on any atom is -0.255 e. The largest absolute Gasteiger partial charge is 0.255 e. The van der Waals surface area contributed by atoms with E-state index >= 15 is 0 Å². The first kappa shape index (κ1) is 13.6. The van der Waals surface area contributed by atoms with E-state index in [1.54, 1.807) is 12.4 Å². The summed E-state index contributed by atoms with van der Waals surface area (Å²) in [5.41, 5.74) is 2.94. The van der Waals surface area contributed by atoms with Crippen LogP contribution in [-0.2, 0) is 0 Å². The van der Waals surface area contributed by atoms with Gasteiger partial charge >= 0.3 is 0 Å². The van der Waals surface area contributed by atoms with Crippen LogP contribution in [0, 0.1) is 0 Å². The summed E-state index contributed by atoms with van der Waals surface area (Å²) in [5.74, 6) is 0. The first-order chi connectivity index (χ1) is 10.3. The first-order valence-corrected chi connectivity index (χ1v) is 7.28. The van der Waals surface area contributed by atoms with Crippen molar-refractivity contribution in [1.29, 1.82) is 0 Å². The topological polar surface area (TPSA) is 38.7 Å². The second-order valence-corrected chi connectivity index (χ2v) is 5.31. The molecule has 0 atom stereocenters. The van der Waals surface area contributed by atoms with Crippen molar-refractivity contribution in [2.75, 3.05) is 0 Å². The number of aromatic nitrogens is 3. The average Bonchev–Trinajstić information content (AvgIpc) is 2.55.